The summed E-state index contributed by atoms with van der Waals surface area (Å²) in [5.74, 6) is 0.178. The van der Waals surface area contributed by atoms with Crippen LogP contribution in [-0.4, -0.2) is 11.8 Å². The largest absolute Gasteiger partial charge is 0.322 e. The third kappa shape index (κ3) is 3.25. The molecule has 0 aromatic rings. The number of nitrogens with two attached hydrogens (primary N) is 1. The second kappa shape index (κ2) is 4.50. The average molecular weight is 129 g/mol. The van der Waals surface area contributed by atoms with Gasteiger partial charge in [-0.1, -0.05) is 20.3 Å². The van der Waals surface area contributed by atoms with Crippen LogP contribution in [-0.2, 0) is 4.79 Å². The fourth-order valence-electron chi connectivity index (χ4n) is 0.734. The van der Waals surface area contributed by atoms with Gasteiger partial charge in [-0.05, 0) is 6.42 Å². The molecule has 0 aliphatic rings. The molecule has 1 atom stereocenters. The van der Waals surface area contributed by atoms with Crippen molar-refractivity contribution in [2.75, 3.05) is 0 Å². The van der Waals surface area contributed by atoms with Crippen molar-refractivity contribution in [1.29, 1.82) is 0 Å². The summed E-state index contributed by atoms with van der Waals surface area (Å²) in [6, 6.07) is -0.208. The lowest BCUT2D eigenvalue weighted by Crippen LogP contribution is -2.29. The highest BCUT2D eigenvalue weighted by Crippen LogP contribution is 1.96. The SMILES string of the molecule is CCCC(N)C(=O)CC. The Morgan fingerprint density at radius 3 is 2.44 bits per heavy atom. The number of hydrogen-bond donors (Lipinski definition) is 1. The van der Waals surface area contributed by atoms with E-state index in [2.05, 4.69) is 0 Å². The monoisotopic (exact) mass is 129 g/mol. The van der Waals surface area contributed by atoms with Crippen molar-refractivity contribution < 1.29 is 4.79 Å². The third-order valence-corrected chi connectivity index (χ3v) is 1.36. The van der Waals surface area contributed by atoms with E-state index in [1.807, 2.05) is 13.8 Å². The molecule has 0 saturated heterocycles. The molecule has 0 spiro atoms. The Hall–Kier alpha value is -0.370. The van der Waals surface area contributed by atoms with Gasteiger partial charge in [0.15, 0.2) is 0 Å². The van der Waals surface area contributed by atoms with Gasteiger partial charge in [0.2, 0.25) is 0 Å². The zero-order valence-corrected chi connectivity index (χ0v) is 6.18. The molecule has 0 heterocycles. The van der Waals surface area contributed by atoms with Crippen LogP contribution in [0.5, 0.6) is 0 Å². The number of carbonyl (C=O) groups excluding carboxylic acids is 1. The molecule has 2 heteroatoms. The van der Waals surface area contributed by atoms with Crippen molar-refractivity contribution in [2.24, 2.45) is 5.73 Å². The van der Waals surface area contributed by atoms with Crippen LogP contribution in [0.4, 0.5) is 0 Å². The van der Waals surface area contributed by atoms with Crippen molar-refractivity contribution in [3.63, 3.8) is 0 Å². The van der Waals surface area contributed by atoms with E-state index in [1.165, 1.54) is 0 Å². The van der Waals surface area contributed by atoms with Gasteiger partial charge in [-0.25, -0.2) is 0 Å². The quantitative estimate of drug-likeness (QED) is 0.617. The van der Waals surface area contributed by atoms with Crippen molar-refractivity contribution in [1.82, 2.24) is 0 Å². The Kier molecular flexibility index (Phi) is 4.32. The Balaban J connectivity index is 3.45. The Bertz CT molecular complexity index is 90.9. The molecule has 0 radical (unpaired) electrons. The zero-order chi connectivity index (χ0) is 7.28. The first-order chi connectivity index (χ1) is 4.22. The van der Waals surface area contributed by atoms with Crippen molar-refractivity contribution in [2.45, 2.75) is 39.2 Å². The molecule has 1 unspecified atom stereocenters. The normalized spacial score (nSPS) is 13.2. The minimum atomic E-state index is -0.208. The maximum atomic E-state index is 10.8. The van der Waals surface area contributed by atoms with Crippen LogP contribution in [0.15, 0.2) is 0 Å². The minimum absolute atomic E-state index is 0.178. The zero-order valence-electron chi connectivity index (χ0n) is 6.18. The Labute approximate surface area is 56.4 Å². The molecule has 0 aromatic carbocycles. The summed E-state index contributed by atoms with van der Waals surface area (Å²) in [6.07, 6.45) is 2.39. The van der Waals surface area contributed by atoms with Gasteiger partial charge in [0, 0.05) is 6.42 Å². The summed E-state index contributed by atoms with van der Waals surface area (Å²) in [6.45, 7) is 3.88. The van der Waals surface area contributed by atoms with Gasteiger partial charge < -0.3 is 5.73 Å². The molecule has 0 bridgehead atoms. The van der Waals surface area contributed by atoms with E-state index in [0.29, 0.717) is 6.42 Å². The first kappa shape index (κ1) is 8.63. The molecule has 0 aliphatic heterocycles. The van der Waals surface area contributed by atoms with Crippen LogP contribution in [0, 0.1) is 0 Å². The molecular formula is C7H15NO. The van der Waals surface area contributed by atoms with Crippen LogP contribution in [0.2, 0.25) is 0 Å². The number of carbonyl (C=O) groups is 1. The Morgan fingerprint density at radius 1 is 1.56 bits per heavy atom. The van der Waals surface area contributed by atoms with Crippen LogP contribution < -0.4 is 5.73 Å². The summed E-state index contributed by atoms with van der Waals surface area (Å²) >= 11 is 0. The molecule has 0 aliphatic carbocycles. The lowest BCUT2D eigenvalue weighted by Gasteiger charge is -2.05. The molecule has 0 rings (SSSR count). The van der Waals surface area contributed by atoms with Gasteiger partial charge in [0.25, 0.3) is 0 Å². The van der Waals surface area contributed by atoms with E-state index in [-0.39, 0.29) is 11.8 Å². The third-order valence-electron chi connectivity index (χ3n) is 1.36. The number of ketones is 1. The first-order valence-corrected chi connectivity index (χ1v) is 3.50. The van der Waals surface area contributed by atoms with E-state index in [1.54, 1.807) is 0 Å². The summed E-state index contributed by atoms with van der Waals surface area (Å²) in [5.41, 5.74) is 5.49. The Morgan fingerprint density at radius 2 is 2.11 bits per heavy atom. The summed E-state index contributed by atoms with van der Waals surface area (Å²) in [4.78, 5) is 10.8. The maximum absolute atomic E-state index is 10.8. The van der Waals surface area contributed by atoms with Crippen LogP contribution in [0.3, 0.4) is 0 Å². The number of Topliss-reactive ketones (excluding diaryl/α,β-unsaturated/α-hetero) is 1. The summed E-state index contributed by atoms with van der Waals surface area (Å²) in [5, 5.41) is 0. The smallest absolute Gasteiger partial charge is 0.149 e. The second-order valence-corrected chi connectivity index (χ2v) is 2.22. The highest BCUT2D eigenvalue weighted by Gasteiger charge is 2.07. The lowest BCUT2D eigenvalue weighted by atomic mass is 10.1. The van der Waals surface area contributed by atoms with Gasteiger partial charge in [0.05, 0.1) is 6.04 Å². The van der Waals surface area contributed by atoms with Gasteiger partial charge in [-0.3, -0.25) is 4.79 Å². The molecule has 0 fully saturated rings. The molecule has 0 saturated carbocycles. The molecule has 54 valence electrons. The lowest BCUT2D eigenvalue weighted by molar-refractivity contribution is -0.120. The van der Waals surface area contributed by atoms with E-state index in [0.717, 1.165) is 12.8 Å². The van der Waals surface area contributed by atoms with Gasteiger partial charge >= 0.3 is 0 Å². The molecule has 0 amide bonds. The highest BCUT2D eigenvalue weighted by atomic mass is 16.1. The molecular weight excluding hydrogens is 114 g/mol. The minimum Gasteiger partial charge on any atom is -0.322 e. The van der Waals surface area contributed by atoms with Crippen molar-refractivity contribution >= 4 is 5.78 Å². The number of rotatable bonds is 4. The van der Waals surface area contributed by atoms with Crippen LogP contribution in [0.25, 0.3) is 0 Å². The van der Waals surface area contributed by atoms with Crippen LogP contribution in [0.1, 0.15) is 33.1 Å². The standard InChI is InChI=1S/C7H15NO/c1-3-5-6(8)7(9)4-2/h6H,3-5,8H2,1-2H3. The predicted octanol–water partition coefficient (Wildman–Crippen LogP) is 1.09. The summed E-state index contributed by atoms with van der Waals surface area (Å²) < 4.78 is 0. The predicted molar refractivity (Wildman–Crippen MR) is 38.2 cm³/mol. The van der Waals surface area contributed by atoms with Gasteiger partial charge in [0.1, 0.15) is 5.78 Å². The maximum Gasteiger partial charge on any atom is 0.149 e. The second-order valence-electron chi connectivity index (χ2n) is 2.22. The van der Waals surface area contributed by atoms with Crippen molar-refractivity contribution in [3.05, 3.63) is 0 Å². The van der Waals surface area contributed by atoms with E-state index in [4.69, 9.17) is 5.73 Å². The first-order valence-electron chi connectivity index (χ1n) is 3.50. The molecule has 0 aromatic heterocycles. The molecule has 2 N–H and O–H groups in total. The van der Waals surface area contributed by atoms with Gasteiger partial charge in [-0.2, -0.15) is 0 Å². The fourth-order valence-corrected chi connectivity index (χ4v) is 0.734. The van der Waals surface area contributed by atoms with E-state index < -0.39 is 0 Å². The fraction of sp³-hybridized carbons (Fsp3) is 0.857. The van der Waals surface area contributed by atoms with E-state index in [9.17, 15) is 4.79 Å². The molecule has 2 nitrogen and oxygen atoms in total. The highest BCUT2D eigenvalue weighted by molar-refractivity contribution is 5.83. The summed E-state index contributed by atoms with van der Waals surface area (Å²) in [7, 11) is 0. The van der Waals surface area contributed by atoms with Crippen molar-refractivity contribution in [3.8, 4) is 0 Å². The molecule has 9 heavy (non-hydrogen) atoms. The van der Waals surface area contributed by atoms with Crippen LogP contribution >= 0.6 is 0 Å². The topological polar surface area (TPSA) is 43.1 Å². The van der Waals surface area contributed by atoms with Gasteiger partial charge in [-0.15, -0.1) is 0 Å². The average Bonchev–Trinajstić information content (AvgIpc) is 1.87. The number of hydrogen-bond acceptors (Lipinski definition) is 2. The van der Waals surface area contributed by atoms with E-state index >= 15 is 0 Å².